The van der Waals surface area contributed by atoms with Crippen molar-refractivity contribution in [2.24, 2.45) is 11.8 Å². The largest absolute Gasteiger partial charge is 0.481 e. The third-order valence-corrected chi connectivity index (χ3v) is 7.41. The molecule has 1 saturated carbocycles. The number of rotatable bonds is 5. The van der Waals surface area contributed by atoms with E-state index in [2.05, 4.69) is 29.6 Å². The monoisotopic (exact) mass is 448 g/mol. The van der Waals surface area contributed by atoms with Gasteiger partial charge in [0.05, 0.1) is 5.92 Å². The van der Waals surface area contributed by atoms with Gasteiger partial charge in [0.1, 0.15) is 12.1 Å². The molecule has 7 nitrogen and oxygen atoms in total. The van der Waals surface area contributed by atoms with Gasteiger partial charge in [-0.2, -0.15) is 0 Å². The summed E-state index contributed by atoms with van der Waals surface area (Å²) in [6.07, 6.45) is 1.12. The maximum Gasteiger partial charge on any atom is 0.408 e. The average Bonchev–Trinajstić information content (AvgIpc) is 3.52. The number of carboxylic acids is 1. The molecule has 0 radical (unpaired) electrons. The fourth-order valence-electron chi connectivity index (χ4n) is 5.23. The van der Waals surface area contributed by atoms with Crippen LogP contribution in [0.25, 0.3) is 11.1 Å². The van der Waals surface area contributed by atoms with Gasteiger partial charge in [0.25, 0.3) is 0 Å². The SMILES string of the molecule is CC1CCN(C(=O)C2(NC(=O)OCC3c4ccccc4-c4ccccc43)CC2)CC1C(=O)O. The van der Waals surface area contributed by atoms with Crippen LogP contribution in [0.15, 0.2) is 48.5 Å². The molecule has 0 bridgehead atoms. The quantitative estimate of drug-likeness (QED) is 0.728. The second kappa shape index (κ2) is 8.21. The first-order chi connectivity index (χ1) is 15.9. The second-order valence-corrected chi connectivity index (χ2v) is 9.49. The Bertz CT molecular complexity index is 1060. The highest BCUT2D eigenvalue weighted by molar-refractivity contribution is 5.93. The minimum Gasteiger partial charge on any atom is -0.481 e. The molecule has 3 aliphatic rings. The van der Waals surface area contributed by atoms with Crippen LogP contribution in [0.3, 0.4) is 0 Å². The molecular weight excluding hydrogens is 420 g/mol. The lowest BCUT2D eigenvalue weighted by Gasteiger charge is -2.37. The molecule has 2 aliphatic carbocycles. The van der Waals surface area contributed by atoms with Gasteiger partial charge in [-0.05, 0) is 47.4 Å². The summed E-state index contributed by atoms with van der Waals surface area (Å²) in [6.45, 7) is 2.79. The number of hydrogen-bond donors (Lipinski definition) is 2. The predicted octanol–water partition coefficient (Wildman–Crippen LogP) is 3.63. The van der Waals surface area contributed by atoms with Crippen molar-refractivity contribution in [2.45, 2.75) is 37.6 Å². The van der Waals surface area contributed by atoms with Gasteiger partial charge in [0.15, 0.2) is 0 Å². The minimum absolute atomic E-state index is 0.0248. The molecule has 7 heteroatoms. The van der Waals surface area contributed by atoms with Crippen LogP contribution in [0.4, 0.5) is 4.79 Å². The molecular formula is C26H28N2O5. The van der Waals surface area contributed by atoms with E-state index in [0.717, 1.165) is 22.3 Å². The topological polar surface area (TPSA) is 95.9 Å². The highest BCUT2D eigenvalue weighted by atomic mass is 16.5. The Balaban J connectivity index is 1.23. The Morgan fingerprint density at radius 2 is 1.67 bits per heavy atom. The molecule has 33 heavy (non-hydrogen) atoms. The maximum atomic E-state index is 13.1. The highest BCUT2D eigenvalue weighted by Gasteiger charge is 2.54. The van der Waals surface area contributed by atoms with Crippen LogP contribution in [0.1, 0.15) is 43.2 Å². The van der Waals surface area contributed by atoms with E-state index in [0.29, 0.717) is 25.8 Å². The standard InChI is InChI=1S/C26H28N2O5/c1-16-10-13-28(14-21(16)23(29)30)24(31)26(11-12-26)27-25(32)33-15-22-19-8-4-2-6-17(19)18-7-3-5-9-20(18)22/h2-9,16,21-22H,10-15H2,1H3,(H,27,32)(H,29,30). The molecule has 1 aliphatic heterocycles. The Hall–Kier alpha value is -3.35. The molecule has 0 spiro atoms. The zero-order chi connectivity index (χ0) is 23.2. The number of alkyl carbamates (subject to hydrolysis) is 1. The highest BCUT2D eigenvalue weighted by Crippen LogP contribution is 2.44. The van der Waals surface area contributed by atoms with E-state index in [-0.39, 0.29) is 30.9 Å². The number of likely N-dealkylation sites (tertiary alicyclic amines) is 1. The number of aliphatic carboxylic acids is 1. The summed E-state index contributed by atoms with van der Waals surface area (Å²) in [5, 5.41) is 12.2. The number of nitrogens with zero attached hydrogens (tertiary/aromatic N) is 1. The molecule has 5 rings (SSSR count). The Kier molecular flexibility index (Phi) is 5.35. The molecule has 2 aromatic carbocycles. The summed E-state index contributed by atoms with van der Waals surface area (Å²) in [5.41, 5.74) is 3.61. The first-order valence-electron chi connectivity index (χ1n) is 11.5. The van der Waals surface area contributed by atoms with Crippen molar-refractivity contribution in [1.82, 2.24) is 10.2 Å². The smallest absolute Gasteiger partial charge is 0.408 e. The number of carbonyl (C=O) groups excluding carboxylic acids is 2. The number of ether oxygens (including phenoxy) is 1. The van der Waals surface area contributed by atoms with Gasteiger partial charge in [-0.3, -0.25) is 9.59 Å². The van der Waals surface area contributed by atoms with Gasteiger partial charge in [-0.1, -0.05) is 55.5 Å². The molecule has 2 fully saturated rings. The van der Waals surface area contributed by atoms with E-state index in [1.807, 2.05) is 31.2 Å². The number of piperidine rings is 1. The predicted molar refractivity (Wildman–Crippen MR) is 122 cm³/mol. The molecule has 0 aromatic heterocycles. The van der Waals surface area contributed by atoms with Gasteiger partial charge in [0, 0.05) is 19.0 Å². The summed E-state index contributed by atoms with van der Waals surface area (Å²) in [5.74, 6) is -1.68. The third-order valence-electron chi connectivity index (χ3n) is 7.41. The van der Waals surface area contributed by atoms with Crippen LogP contribution in [-0.2, 0) is 14.3 Å². The van der Waals surface area contributed by atoms with Crippen molar-refractivity contribution in [1.29, 1.82) is 0 Å². The molecule has 2 unspecified atom stereocenters. The Labute approximate surface area is 192 Å². The summed E-state index contributed by atoms with van der Waals surface area (Å²) < 4.78 is 5.61. The van der Waals surface area contributed by atoms with Crippen LogP contribution in [-0.4, -0.2) is 53.2 Å². The van der Waals surface area contributed by atoms with Crippen molar-refractivity contribution < 1.29 is 24.2 Å². The lowest BCUT2D eigenvalue weighted by Crippen LogP contribution is -2.55. The number of benzene rings is 2. The van der Waals surface area contributed by atoms with E-state index in [9.17, 15) is 19.5 Å². The number of carbonyl (C=O) groups is 3. The molecule has 1 saturated heterocycles. The first kappa shape index (κ1) is 21.5. The minimum atomic E-state index is -0.966. The van der Waals surface area contributed by atoms with E-state index >= 15 is 0 Å². The van der Waals surface area contributed by atoms with E-state index in [1.165, 1.54) is 0 Å². The molecule has 1 heterocycles. The number of hydrogen-bond acceptors (Lipinski definition) is 4. The normalized spacial score (nSPS) is 22.8. The lowest BCUT2D eigenvalue weighted by atomic mass is 9.87. The number of amides is 2. The fraction of sp³-hybridized carbons (Fsp3) is 0.423. The van der Waals surface area contributed by atoms with Crippen molar-refractivity contribution in [3.63, 3.8) is 0 Å². The van der Waals surface area contributed by atoms with Crippen LogP contribution in [0.5, 0.6) is 0 Å². The molecule has 2 aromatic rings. The van der Waals surface area contributed by atoms with Crippen molar-refractivity contribution in [3.8, 4) is 11.1 Å². The summed E-state index contributed by atoms with van der Waals surface area (Å²) in [6, 6.07) is 16.3. The van der Waals surface area contributed by atoms with Gasteiger partial charge < -0.3 is 20.1 Å². The van der Waals surface area contributed by atoms with E-state index < -0.39 is 23.5 Å². The maximum absolute atomic E-state index is 13.1. The van der Waals surface area contributed by atoms with Crippen LogP contribution >= 0.6 is 0 Å². The van der Waals surface area contributed by atoms with Gasteiger partial charge in [0.2, 0.25) is 5.91 Å². The van der Waals surface area contributed by atoms with Gasteiger partial charge in [-0.25, -0.2) is 4.79 Å². The summed E-state index contributed by atoms with van der Waals surface area (Å²) in [7, 11) is 0. The zero-order valence-corrected chi connectivity index (χ0v) is 18.6. The zero-order valence-electron chi connectivity index (χ0n) is 18.6. The van der Waals surface area contributed by atoms with Crippen molar-refractivity contribution >= 4 is 18.0 Å². The molecule has 2 amide bonds. The average molecular weight is 449 g/mol. The third kappa shape index (κ3) is 3.86. The molecule has 172 valence electrons. The Morgan fingerprint density at radius 1 is 1.06 bits per heavy atom. The van der Waals surface area contributed by atoms with Gasteiger partial charge >= 0.3 is 12.1 Å². The lowest BCUT2D eigenvalue weighted by molar-refractivity contribution is -0.149. The summed E-state index contributed by atoms with van der Waals surface area (Å²) in [4.78, 5) is 39.0. The molecule has 2 atom stereocenters. The second-order valence-electron chi connectivity index (χ2n) is 9.49. The summed E-state index contributed by atoms with van der Waals surface area (Å²) >= 11 is 0. The van der Waals surface area contributed by atoms with Crippen LogP contribution < -0.4 is 5.32 Å². The van der Waals surface area contributed by atoms with Crippen molar-refractivity contribution in [2.75, 3.05) is 19.7 Å². The van der Waals surface area contributed by atoms with E-state index in [1.54, 1.807) is 4.90 Å². The number of carboxylic acid groups (broad SMARTS) is 1. The van der Waals surface area contributed by atoms with Crippen LogP contribution in [0.2, 0.25) is 0 Å². The van der Waals surface area contributed by atoms with Gasteiger partial charge in [-0.15, -0.1) is 0 Å². The number of nitrogens with one attached hydrogen (secondary N) is 1. The number of fused-ring (bicyclic) bond motifs is 3. The van der Waals surface area contributed by atoms with E-state index in [4.69, 9.17) is 4.74 Å². The Morgan fingerprint density at radius 3 is 2.24 bits per heavy atom. The fourth-order valence-corrected chi connectivity index (χ4v) is 5.23. The van der Waals surface area contributed by atoms with Crippen LogP contribution in [0, 0.1) is 11.8 Å². The van der Waals surface area contributed by atoms with Crippen molar-refractivity contribution in [3.05, 3.63) is 59.7 Å². The first-order valence-corrected chi connectivity index (χ1v) is 11.5. The molecule has 2 N–H and O–H groups in total.